The zero-order chi connectivity index (χ0) is 13.3. The summed E-state index contributed by atoms with van der Waals surface area (Å²) in [6, 6.07) is -0.524. The number of esters is 1. The van der Waals surface area contributed by atoms with Gasteiger partial charge in [-0.3, -0.25) is 4.79 Å². The SMILES string of the molecule is CCC[C@H](Br)CCC(NC(C)=O)C(=O)OCC. The fraction of sp³-hybridized carbons (Fsp3) is 0.833. The Bertz CT molecular complexity index is 246. The number of hydrogen-bond acceptors (Lipinski definition) is 3. The van der Waals surface area contributed by atoms with Crippen LogP contribution >= 0.6 is 15.9 Å². The van der Waals surface area contributed by atoms with Crippen LogP contribution in [0.1, 0.15) is 46.5 Å². The van der Waals surface area contributed by atoms with E-state index in [-0.39, 0.29) is 11.9 Å². The second-order valence-corrected chi connectivity index (χ2v) is 5.26. The lowest BCUT2D eigenvalue weighted by atomic mass is 10.1. The number of rotatable bonds is 8. The second-order valence-electron chi connectivity index (χ2n) is 3.97. The van der Waals surface area contributed by atoms with E-state index >= 15 is 0 Å². The minimum absolute atomic E-state index is 0.204. The zero-order valence-corrected chi connectivity index (χ0v) is 12.4. The zero-order valence-electron chi connectivity index (χ0n) is 10.8. The van der Waals surface area contributed by atoms with Gasteiger partial charge in [0.05, 0.1) is 6.61 Å². The van der Waals surface area contributed by atoms with Crippen molar-refractivity contribution in [1.82, 2.24) is 5.32 Å². The number of alkyl halides is 1. The maximum absolute atomic E-state index is 11.6. The summed E-state index contributed by atoms with van der Waals surface area (Å²) in [6.45, 7) is 5.61. The van der Waals surface area contributed by atoms with E-state index in [0.717, 1.165) is 19.3 Å². The number of amides is 1. The molecule has 1 N–H and O–H groups in total. The number of nitrogens with one attached hydrogen (secondary N) is 1. The standard InChI is InChI=1S/C12H22BrNO3/c1-4-6-10(13)7-8-11(14-9(3)15)12(16)17-5-2/h10-11H,4-8H2,1-3H3,(H,14,15)/t10-,11?/m0/s1. The molecule has 0 aliphatic rings. The Labute approximate surface area is 112 Å². The van der Waals surface area contributed by atoms with Gasteiger partial charge in [-0.25, -0.2) is 4.79 Å². The molecule has 0 aromatic rings. The minimum Gasteiger partial charge on any atom is -0.464 e. The summed E-state index contributed by atoms with van der Waals surface area (Å²) in [4.78, 5) is 23.0. The summed E-state index contributed by atoms with van der Waals surface area (Å²) < 4.78 is 4.93. The van der Waals surface area contributed by atoms with Gasteiger partial charge in [-0.05, 0) is 26.2 Å². The predicted molar refractivity (Wildman–Crippen MR) is 71.1 cm³/mol. The molecule has 0 spiro atoms. The Morgan fingerprint density at radius 2 is 1.88 bits per heavy atom. The van der Waals surface area contributed by atoms with Crippen molar-refractivity contribution in [2.75, 3.05) is 6.61 Å². The van der Waals surface area contributed by atoms with E-state index in [1.165, 1.54) is 6.92 Å². The van der Waals surface area contributed by atoms with Crippen LogP contribution < -0.4 is 5.32 Å². The third-order valence-corrected chi connectivity index (χ3v) is 3.23. The van der Waals surface area contributed by atoms with Gasteiger partial charge in [0, 0.05) is 11.8 Å². The molecule has 0 heterocycles. The summed E-state index contributed by atoms with van der Waals surface area (Å²) in [5.74, 6) is -0.552. The minimum atomic E-state index is -0.524. The summed E-state index contributed by atoms with van der Waals surface area (Å²) in [5, 5.41) is 2.63. The molecule has 0 aromatic carbocycles. The highest BCUT2D eigenvalue weighted by Gasteiger charge is 2.21. The first-order valence-corrected chi connectivity index (χ1v) is 7.00. The summed E-state index contributed by atoms with van der Waals surface area (Å²) >= 11 is 3.56. The summed E-state index contributed by atoms with van der Waals surface area (Å²) in [5.41, 5.74) is 0. The van der Waals surface area contributed by atoms with Crippen molar-refractivity contribution in [2.24, 2.45) is 0 Å². The normalized spacial score (nSPS) is 13.9. The number of carbonyl (C=O) groups excluding carboxylic acids is 2. The van der Waals surface area contributed by atoms with Gasteiger partial charge in [0.25, 0.3) is 0 Å². The van der Waals surface area contributed by atoms with Gasteiger partial charge < -0.3 is 10.1 Å². The monoisotopic (exact) mass is 307 g/mol. The van der Waals surface area contributed by atoms with Crippen LogP contribution in [-0.4, -0.2) is 29.4 Å². The molecule has 0 saturated heterocycles. The lowest BCUT2D eigenvalue weighted by Gasteiger charge is -2.17. The van der Waals surface area contributed by atoms with Crippen molar-refractivity contribution >= 4 is 27.8 Å². The van der Waals surface area contributed by atoms with Crippen molar-refractivity contribution < 1.29 is 14.3 Å². The fourth-order valence-electron chi connectivity index (χ4n) is 1.54. The largest absolute Gasteiger partial charge is 0.464 e. The molecular weight excluding hydrogens is 286 g/mol. The molecule has 0 fully saturated rings. The van der Waals surface area contributed by atoms with E-state index in [0.29, 0.717) is 17.9 Å². The van der Waals surface area contributed by atoms with Crippen LogP contribution in [0.15, 0.2) is 0 Å². The van der Waals surface area contributed by atoms with E-state index in [4.69, 9.17) is 4.74 Å². The maximum Gasteiger partial charge on any atom is 0.328 e. The van der Waals surface area contributed by atoms with Crippen LogP contribution in [0.3, 0.4) is 0 Å². The molecule has 100 valence electrons. The van der Waals surface area contributed by atoms with Crippen LogP contribution in [0.2, 0.25) is 0 Å². The van der Waals surface area contributed by atoms with Crippen LogP contribution in [0, 0.1) is 0 Å². The number of hydrogen-bond donors (Lipinski definition) is 1. The molecule has 0 aliphatic carbocycles. The van der Waals surface area contributed by atoms with Crippen molar-refractivity contribution in [2.45, 2.75) is 57.3 Å². The topological polar surface area (TPSA) is 55.4 Å². The first-order valence-electron chi connectivity index (χ1n) is 6.09. The summed E-state index contributed by atoms with van der Waals surface area (Å²) in [7, 11) is 0. The summed E-state index contributed by atoms with van der Waals surface area (Å²) in [6.07, 6.45) is 3.61. The lowest BCUT2D eigenvalue weighted by Crippen LogP contribution is -2.41. The highest BCUT2D eigenvalue weighted by Crippen LogP contribution is 2.16. The van der Waals surface area contributed by atoms with E-state index in [2.05, 4.69) is 28.2 Å². The average Bonchev–Trinajstić information content (AvgIpc) is 2.24. The Hall–Kier alpha value is -0.580. The highest BCUT2D eigenvalue weighted by atomic mass is 79.9. The molecule has 1 amide bonds. The Morgan fingerprint density at radius 3 is 2.35 bits per heavy atom. The third-order valence-electron chi connectivity index (χ3n) is 2.32. The first kappa shape index (κ1) is 16.4. The average molecular weight is 308 g/mol. The van der Waals surface area contributed by atoms with E-state index < -0.39 is 6.04 Å². The van der Waals surface area contributed by atoms with Gasteiger partial charge in [0.1, 0.15) is 6.04 Å². The molecule has 0 aromatic heterocycles. The number of ether oxygens (including phenoxy) is 1. The van der Waals surface area contributed by atoms with Gasteiger partial charge >= 0.3 is 5.97 Å². The molecule has 0 saturated carbocycles. The third kappa shape index (κ3) is 8.18. The molecular formula is C12H22BrNO3. The van der Waals surface area contributed by atoms with Gasteiger partial charge in [-0.15, -0.1) is 0 Å². The van der Waals surface area contributed by atoms with Crippen LogP contribution in [0.5, 0.6) is 0 Å². The van der Waals surface area contributed by atoms with E-state index in [1.54, 1.807) is 6.92 Å². The van der Waals surface area contributed by atoms with Crippen molar-refractivity contribution in [3.8, 4) is 0 Å². The Kier molecular flexibility index (Phi) is 9.13. The molecule has 4 nitrogen and oxygen atoms in total. The lowest BCUT2D eigenvalue weighted by molar-refractivity contribution is -0.147. The second kappa shape index (κ2) is 9.45. The predicted octanol–water partition coefficient (Wildman–Crippen LogP) is 2.40. The molecule has 0 aliphatic heterocycles. The quantitative estimate of drug-likeness (QED) is 0.553. The van der Waals surface area contributed by atoms with Gasteiger partial charge in [0.15, 0.2) is 0 Å². The molecule has 0 rings (SSSR count). The van der Waals surface area contributed by atoms with Crippen LogP contribution in [0.25, 0.3) is 0 Å². The molecule has 0 radical (unpaired) electrons. The number of carbonyl (C=O) groups is 2. The van der Waals surface area contributed by atoms with E-state index in [9.17, 15) is 9.59 Å². The molecule has 17 heavy (non-hydrogen) atoms. The van der Waals surface area contributed by atoms with Crippen molar-refractivity contribution in [1.29, 1.82) is 0 Å². The van der Waals surface area contributed by atoms with Crippen molar-refractivity contribution in [3.05, 3.63) is 0 Å². The molecule has 2 atom stereocenters. The Morgan fingerprint density at radius 1 is 1.24 bits per heavy atom. The van der Waals surface area contributed by atoms with Gasteiger partial charge in [-0.2, -0.15) is 0 Å². The van der Waals surface area contributed by atoms with Crippen LogP contribution in [0.4, 0.5) is 0 Å². The number of halogens is 1. The highest BCUT2D eigenvalue weighted by molar-refractivity contribution is 9.09. The van der Waals surface area contributed by atoms with Crippen molar-refractivity contribution in [3.63, 3.8) is 0 Å². The maximum atomic E-state index is 11.6. The van der Waals surface area contributed by atoms with E-state index in [1.807, 2.05) is 0 Å². The molecule has 1 unspecified atom stereocenters. The molecule has 0 bridgehead atoms. The fourth-order valence-corrected chi connectivity index (χ4v) is 2.26. The smallest absolute Gasteiger partial charge is 0.328 e. The molecule has 5 heteroatoms. The van der Waals surface area contributed by atoms with Crippen LogP contribution in [-0.2, 0) is 14.3 Å². The van der Waals surface area contributed by atoms with Gasteiger partial charge in [-0.1, -0.05) is 29.3 Å². The first-order chi connectivity index (χ1) is 8.01. The Balaban J connectivity index is 4.18. The van der Waals surface area contributed by atoms with Gasteiger partial charge in [0.2, 0.25) is 5.91 Å².